The Labute approximate surface area is 255 Å². The Morgan fingerprint density at radius 3 is 1.61 bits per heavy atom. The molecule has 2 aromatic heterocycles. The zero-order chi connectivity index (χ0) is 30.7. The van der Waals surface area contributed by atoms with E-state index >= 15 is 0 Å². The standard InChI is InChI=1S/C38H32N4O2/c1-18-19(2)30-14-31-20(3)21(4)32(41-31)15-33-25-12-27-28(37(44)24-10-8-7-9-23(24)36(27)43)13-26(25)34(42-33)16-35-38(5,6)17-22(39-35)11-29(18)40-30/h7-16,39,42H,17H2,1-6H3. The maximum atomic E-state index is 13.7. The molecule has 2 N–H and O–H groups in total. The summed E-state index contributed by atoms with van der Waals surface area (Å²) in [6.45, 7) is 12.9. The second-order valence-corrected chi connectivity index (χ2v) is 13.1. The number of carbonyl (C=O) groups is 2. The van der Waals surface area contributed by atoms with Crippen molar-refractivity contribution in [3.8, 4) is 0 Å². The highest BCUT2D eigenvalue weighted by Crippen LogP contribution is 2.38. The van der Waals surface area contributed by atoms with Crippen LogP contribution in [0.5, 0.6) is 0 Å². The number of benzene rings is 2. The molecule has 4 aromatic rings. The van der Waals surface area contributed by atoms with Crippen molar-refractivity contribution in [2.75, 3.05) is 0 Å². The number of rotatable bonds is 0. The Balaban J connectivity index is 1.51. The van der Waals surface area contributed by atoms with Gasteiger partial charge in [0, 0.05) is 60.9 Å². The number of fused-ring (bicyclic) bond motifs is 13. The van der Waals surface area contributed by atoms with Crippen LogP contribution in [0, 0.1) is 0 Å². The number of hydrogen-bond acceptors (Lipinski definition) is 4. The third kappa shape index (κ3) is 3.73. The number of nitrogens with one attached hydrogen (secondary N) is 2. The van der Waals surface area contributed by atoms with E-state index in [1.54, 1.807) is 24.3 Å². The predicted octanol–water partition coefficient (Wildman–Crippen LogP) is 8.39. The number of nitrogens with zero attached hydrogens (tertiary/aromatic N) is 2. The topological polar surface area (TPSA) is 91.5 Å². The monoisotopic (exact) mass is 576 g/mol. The first-order chi connectivity index (χ1) is 21.0. The van der Waals surface area contributed by atoms with Gasteiger partial charge in [0.2, 0.25) is 0 Å². The van der Waals surface area contributed by atoms with E-state index in [-0.39, 0.29) is 17.0 Å². The molecule has 0 saturated carbocycles. The number of hydrogen-bond donors (Lipinski definition) is 2. The predicted molar refractivity (Wildman–Crippen MR) is 176 cm³/mol. The van der Waals surface area contributed by atoms with Gasteiger partial charge < -0.3 is 9.97 Å². The van der Waals surface area contributed by atoms with Crippen LogP contribution in [-0.2, 0) is 11.8 Å². The quantitative estimate of drug-likeness (QED) is 0.194. The average Bonchev–Trinajstić information content (AvgIpc) is 3.65. The number of ketones is 2. The summed E-state index contributed by atoms with van der Waals surface area (Å²) in [5.41, 5.74) is 13.7. The van der Waals surface area contributed by atoms with Crippen LogP contribution in [0.2, 0.25) is 0 Å². The van der Waals surface area contributed by atoms with Gasteiger partial charge >= 0.3 is 0 Å². The zero-order valence-corrected chi connectivity index (χ0v) is 25.7. The summed E-state index contributed by atoms with van der Waals surface area (Å²) in [5, 5.41) is 1.77. The maximum absolute atomic E-state index is 13.7. The number of aromatic nitrogens is 4. The summed E-state index contributed by atoms with van der Waals surface area (Å²) in [6.07, 6.45) is 0.839. The molecule has 8 bridgehead atoms. The van der Waals surface area contributed by atoms with Gasteiger partial charge in [-0.3, -0.25) is 9.59 Å². The summed E-state index contributed by atoms with van der Waals surface area (Å²) in [5.74, 6) is -0.250. The molecule has 2 aromatic carbocycles. The number of H-pyrrole nitrogens is 2. The van der Waals surface area contributed by atoms with Crippen molar-refractivity contribution in [3.05, 3.63) is 117 Å². The van der Waals surface area contributed by atoms with Gasteiger partial charge in [-0.25, -0.2) is 9.97 Å². The lowest BCUT2D eigenvalue weighted by molar-refractivity contribution is 0.0979. The number of allylic oxidation sites excluding steroid dienone is 4. The zero-order valence-electron chi connectivity index (χ0n) is 25.7. The first-order valence-electron chi connectivity index (χ1n) is 15.1. The molecule has 0 saturated heterocycles. The Kier molecular flexibility index (Phi) is 5.40. The molecule has 0 radical (unpaired) electrons. The van der Waals surface area contributed by atoms with Crippen LogP contribution in [0.25, 0.3) is 44.1 Å². The van der Waals surface area contributed by atoms with Crippen molar-refractivity contribution in [1.29, 1.82) is 0 Å². The summed E-state index contributed by atoms with van der Waals surface area (Å²) in [6, 6.07) is 19.3. The van der Waals surface area contributed by atoms with Gasteiger partial charge in [0.1, 0.15) is 0 Å². The molecule has 6 heteroatoms. The van der Waals surface area contributed by atoms with E-state index in [0.29, 0.717) is 22.3 Å². The van der Waals surface area contributed by atoms with Crippen LogP contribution in [0.3, 0.4) is 0 Å². The molecule has 1 aliphatic carbocycles. The fraction of sp³-hybridized carbons (Fsp3) is 0.211. The Morgan fingerprint density at radius 2 is 1.07 bits per heavy atom. The van der Waals surface area contributed by atoms with E-state index in [0.717, 1.165) is 79.1 Å². The Bertz CT molecular complexity index is 2310. The molecule has 0 fully saturated rings. The molecule has 8 rings (SSSR count). The van der Waals surface area contributed by atoms with Crippen LogP contribution in [0.4, 0.5) is 0 Å². The van der Waals surface area contributed by atoms with E-state index in [9.17, 15) is 9.59 Å². The number of aromatic amines is 2. The van der Waals surface area contributed by atoms with Crippen molar-refractivity contribution < 1.29 is 9.59 Å². The third-order valence-electron chi connectivity index (χ3n) is 9.87. The molecule has 0 amide bonds. The molecule has 44 heavy (non-hydrogen) atoms. The minimum Gasteiger partial charge on any atom is -0.362 e. The van der Waals surface area contributed by atoms with Crippen LogP contribution in [0.15, 0.2) is 60.7 Å². The molecular weight excluding hydrogens is 544 g/mol. The van der Waals surface area contributed by atoms with Gasteiger partial charge in [-0.1, -0.05) is 38.1 Å². The molecule has 0 unspecified atom stereocenters. The molecule has 0 spiro atoms. The SMILES string of the molecule is CC1=C(C)c2cc3[nH]c(cc4[nH]c(cc5nc(cc1n2)C(C)=C5C)c1cc2c(cc41)C(=O)c1ccccc1C2=O)C(C)(C)C3. The smallest absolute Gasteiger partial charge is 0.194 e. The largest absolute Gasteiger partial charge is 0.362 e. The van der Waals surface area contributed by atoms with Crippen LogP contribution in [0.1, 0.15) is 108 Å². The summed E-state index contributed by atoms with van der Waals surface area (Å²) in [4.78, 5) is 44.8. The molecule has 0 atom stereocenters. The molecule has 216 valence electrons. The summed E-state index contributed by atoms with van der Waals surface area (Å²) < 4.78 is 0. The lowest BCUT2D eigenvalue weighted by Gasteiger charge is -2.17. The summed E-state index contributed by atoms with van der Waals surface area (Å²) >= 11 is 0. The van der Waals surface area contributed by atoms with Crippen LogP contribution < -0.4 is 0 Å². The number of carbonyl (C=O) groups excluding carboxylic acids is 2. The average molecular weight is 577 g/mol. The highest BCUT2D eigenvalue weighted by molar-refractivity contribution is 6.30. The van der Waals surface area contributed by atoms with E-state index in [2.05, 4.69) is 75.8 Å². The Morgan fingerprint density at radius 1 is 0.591 bits per heavy atom. The summed E-state index contributed by atoms with van der Waals surface area (Å²) in [7, 11) is 0. The molecular formula is C38H32N4O2. The van der Waals surface area contributed by atoms with E-state index < -0.39 is 0 Å². The fourth-order valence-corrected chi connectivity index (χ4v) is 6.88. The highest BCUT2D eigenvalue weighted by atomic mass is 16.1. The second kappa shape index (κ2) is 8.96. The molecule has 4 aliphatic rings. The van der Waals surface area contributed by atoms with Crippen LogP contribution in [-0.4, -0.2) is 31.5 Å². The van der Waals surface area contributed by atoms with Gasteiger partial charge in [-0.2, -0.15) is 0 Å². The van der Waals surface area contributed by atoms with Gasteiger partial charge in [-0.15, -0.1) is 0 Å². The van der Waals surface area contributed by atoms with Crippen molar-refractivity contribution in [1.82, 2.24) is 19.9 Å². The van der Waals surface area contributed by atoms with E-state index in [1.807, 2.05) is 12.1 Å². The van der Waals surface area contributed by atoms with Gasteiger partial charge in [0.25, 0.3) is 0 Å². The maximum Gasteiger partial charge on any atom is 0.194 e. The lowest BCUT2D eigenvalue weighted by atomic mass is 9.83. The minimum atomic E-state index is -0.153. The normalized spacial score (nSPS) is 16.4. The van der Waals surface area contributed by atoms with Crippen molar-refractivity contribution in [2.45, 2.75) is 53.4 Å². The fourth-order valence-electron chi connectivity index (χ4n) is 6.88. The third-order valence-corrected chi connectivity index (χ3v) is 9.87. The molecule has 5 heterocycles. The highest BCUT2D eigenvalue weighted by Gasteiger charge is 2.31. The second-order valence-electron chi connectivity index (χ2n) is 13.1. The lowest BCUT2D eigenvalue weighted by Crippen LogP contribution is -2.20. The van der Waals surface area contributed by atoms with Crippen molar-refractivity contribution >= 4 is 55.7 Å². The van der Waals surface area contributed by atoms with Crippen LogP contribution >= 0.6 is 0 Å². The van der Waals surface area contributed by atoms with E-state index in [4.69, 9.17) is 9.97 Å². The minimum absolute atomic E-state index is 0.123. The van der Waals surface area contributed by atoms with Crippen molar-refractivity contribution in [3.63, 3.8) is 0 Å². The van der Waals surface area contributed by atoms with E-state index in [1.165, 1.54) is 5.57 Å². The first-order valence-corrected chi connectivity index (χ1v) is 15.1. The van der Waals surface area contributed by atoms with Gasteiger partial charge in [0.05, 0.1) is 22.8 Å². The molecule has 6 nitrogen and oxygen atoms in total. The Hall–Kier alpha value is -5.10. The molecule has 3 aliphatic heterocycles. The first kappa shape index (κ1) is 26.5. The van der Waals surface area contributed by atoms with Gasteiger partial charge in [0.15, 0.2) is 11.6 Å². The van der Waals surface area contributed by atoms with Gasteiger partial charge in [-0.05, 0) is 92.8 Å². The van der Waals surface area contributed by atoms with Crippen molar-refractivity contribution in [2.24, 2.45) is 0 Å².